The van der Waals surface area contributed by atoms with Gasteiger partial charge in [0.25, 0.3) is 0 Å². The number of piperidine rings is 1. The number of urea groups is 1. The Hall–Kier alpha value is -3.32. The van der Waals surface area contributed by atoms with Gasteiger partial charge in [-0.05, 0) is 55.0 Å². The molecule has 2 aliphatic heterocycles. The van der Waals surface area contributed by atoms with Crippen LogP contribution in [0.5, 0.6) is 5.75 Å². The highest BCUT2D eigenvalue weighted by Crippen LogP contribution is 2.42. The van der Waals surface area contributed by atoms with Crippen LogP contribution in [0.4, 0.5) is 10.5 Å². The summed E-state index contributed by atoms with van der Waals surface area (Å²) in [6, 6.07) is 12.1. The fourth-order valence-electron chi connectivity index (χ4n) is 4.36. The number of aromatic amines is 1. The number of ether oxygens (including phenoxy) is 1. The summed E-state index contributed by atoms with van der Waals surface area (Å²) in [4.78, 5) is 22.5. The molecule has 7 heteroatoms. The smallest absolute Gasteiger partial charge is 0.322 e. The number of amides is 2. The molecule has 1 aromatic heterocycles. The van der Waals surface area contributed by atoms with Crippen molar-refractivity contribution in [2.75, 3.05) is 20.2 Å². The van der Waals surface area contributed by atoms with Crippen molar-refractivity contribution in [2.24, 2.45) is 4.99 Å². The zero-order valence-corrected chi connectivity index (χ0v) is 17.7. The molecule has 5 rings (SSSR count). The second-order valence-corrected chi connectivity index (χ2v) is 8.57. The molecule has 0 unspecified atom stereocenters. The Morgan fingerprint density at radius 2 is 2.03 bits per heavy atom. The van der Waals surface area contributed by atoms with E-state index >= 15 is 0 Å². The van der Waals surface area contributed by atoms with Crippen LogP contribution in [0.25, 0.3) is 22.0 Å². The number of hydrogen-bond donors (Lipinski definition) is 3. The molecule has 3 aromatic rings. The molecule has 1 fully saturated rings. The number of hydrogen-bond acceptors (Lipinski definition) is 4. The average Bonchev–Trinajstić information content (AvgIpc) is 3.39. The molecule has 0 spiro atoms. The molecule has 31 heavy (non-hydrogen) atoms. The first-order valence-electron chi connectivity index (χ1n) is 10.6. The lowest BCUT2D eigenvalue weighted by Gasteiger charge is -2.35. The van der Waals surface area contributed by atoms with Crippen LogP contribution in [-0.2, 0) is 6.42 Å². The van der Waals surface area contributed by atoms with Crippen LogP contribution in [0.2, 0.25) is 0 Å². The van der Waals surface area contributed by atoms with E-state index in [1.165, 1.54) is 0 Å². The fourth-order valence-corrected chi connectivity index (χ4v) is 4.36. The van der Waals surface area contributed by atoms with Gasteiger partial charge in [0.2, 0.25) is 0 Å². The molecule has 0 aliphatic carbocycles. The Morgan fingerprint density at radius 3 is 2.81 bits per heavy atom. The van der Waals surface area contributed by atoms with Gasteiger partial charge in [-0.2, -0.15) is 0 Å². The summed E-state index contributed by atoms with van der Waals surface area (Å²) >= 11 is 0. The highest BCUT2D eigenvalue weighted by molar-refractivity contribution is 6.05. The number of nitrogens with one attached hydrogen (secondary N) is 2. The van der Waals surface area contributed by atoms with Crippen LogP contribution >= 0.6 is 0 Å². The quantitative estimate of drug-likeness (QED) is 0.588. The first kappa shape index (κ1) is 19.6. The van der Waals surface area contributed by atoms with Gasteiger partial charge < -0.3 is 19.7 Å². The number of aliphatic hydroxyl groups is 1. The summed E-state index contributed by atoms with van der Waals surface area (Å²) in [5.74, 6) is 1.38. The number of likely N-dealkylation sites (tertiary alicyclic amines) is 1. The molecular formula is C24H26N4O3. The predicted molar refractivity (Wildman–Crippen MR) is 121 cm³/mol. The van der Waals surface area contributed by atoms with Crippen molar-refractivity contribution in [3.8, 4) is 16.9 Å². The van der Waals surface area contributed by atoms with Crippen molar-refractivity contribution in [3.05, 3.63) is 48.2 Å². The van der Waals surface area contributed by atoms with Crippen LogP contribution in [0, 0.1) is 0 Å². The molecule has 2 amide bonds. The first-order chi connectivity index (χ1) is 14.9. The van der Waals surface area contributed by atoms with E-state index in [1.807, 2.05) is 31.3 Å². The highest BCUT2D eigenvalue weighted by Gasteiger charge is 2.31. The van der Waals surface area contributed by atoms with Gasteiger partial charge in [-0.25, -0.2) is 9.79 Å². The maximum absolute atomic E-state index is 12.8. The number of methoxy groups -OCH3 is 1. The average molecular weight is 418 g/mol. The largest absolute Gasteiger partial charge is 0.496 e. The molecule has 1 saturated heterocycles. The number of H-pyrrole nitrogens is 1. The summed E-state index contributed by atoms with van der Waals surface area (Å²) in [5, 5.41) is 14.3. The lowest BCUT2D eigenvalue weighted by atomic mass is 9.94. The summed E-state index contributed by atoms with van der Waals surface area (Å²) in [6.45, 7) is 2.88. The molecule has 3 heterocycles. The Morgan fingerprint density at radius 1 is 1.23 bits per heavy atom. The van der Waals surface area contributed by atoms with E-state index in [9.17, 15) is 9.90 Å². The first-order valence-corrected chi connectivity index (χ1v) is 10.6. The third kappa shape index (κ3) is 3.65. The standard InChI is InChI=1S/C24H26N4O3/c1-24(30)8-11-28(12-9-24)23(29)27-21-14-18-20(31-2)6-5-17(22(18)26-21)16-4-3-15-7-10-25-19(15)13-16/h3-7,10,13,25,30H,8-9,11-12,14H2,1-2H3,(H,26,27,29). The maximum Gasteiger partial charge on any atom is 0.322 e. The second-order valence-electron chi connectivity index (χ2n) is 8.57. The van der Waals surface area contributed by atoms with Crippen molar-refractivity contribution >= 4 is 28.5 Å². The Labute approximate surface area is 180 Å². The number of benzene rings is 2. The van der Waals surface area contributed by atoms with Crippen molar-refractivity contribution in [1.29, 1.82) is 0 Å². The van der Waals surface area contributed by atoms with Crippen LogP contribution in [-0.4, -0.2) is 52.7 Å². The van der Waals surface area contributed by atoms with Gasteiger partial charge in [-0.3, -0.25) is 5.32 Å². The van der Waals surface area contributed by atoms with E-state index in [0.717, 1.165) is 39.0 Å². The number of rotatable bonds is 2. The van der Waals surface area contributed by atoms with Crippen LogP contribution in [0.15, 0.2) is 47.6 Å². The monoisotopic (exact) mass is 418 g/mol. The number of nitrogens with zero attached hydrogens (tertiary/aromatic N) is 2. The fraction of sp³-hybridized carbons (Fsp3) is 0.333. The SMILES string of the molecule is COc1ccc(-c2ccc3cc[nH]c3c2)c2c1CC(NC(=O)N1CCC(C)(O)CC1)=N2. The van der Waals surface area contributed by atoms with Crippen LogP contribution in [0.1, 0.15) is 25.3 Å². The number of carbonyl (C=O) groups is 1. The topological polar surface area (TPSA) is 90.0 Å². The minimum atomic E-state index is -0.694. The second kappa shape index (κ2) is 7.42. The summed E-state index contributed by atoms with van der Waals surface area (Å²) in [5.41, 5.74) is 4.25. The van der Waals surface area contributed by atoms with E-state index < -0.39 is 5.60 Å². The number of carbonyl (C=O) groups excluding carboxylic acids is 1. The minimum Gasteiger partial charge on any atom is -0.496 e. The maximum atomic E-state index is 12.8. The van der Waals surface area contributed by atoms with Crippen LogP contribution < -0.4 is 10.1 Å². The van der Waals surface area contributed by atoms with Gasteiger partial charge in [0.05, 0.1) is 18.4 Å². The van der Waals surface area contributed by atoms with Crippen LogP contribution in [0.3, 0.4) is 0 Å². The van der Waals surface area contributed by atoms with E-state index in [-0.39, 0.29) is 6.03 Å². The van der Waals surface area contributed by atoms with Crippen molar-refractivity contribution in [2.45, 2.75) is 31.8 Å². The molecule has 0 radical (unpaired) electrons. The molecule has 0 atom stereocenters. The van der Waals surface area contributed by atoms with E-state index in [2.05, 4.69) is 28.5 Å². The molecular weight excluding hydrogens is 392 g/mol. The third-order valence-electron chi connectivity index (χ3n) is 6.30. The number of fused-ring (bicyclic) bond motifs is 2. The molecule has 160 valence electrons. The Kier molecular flexibility index (Phi) is 4.70. The van der Waals surface area contributed by atoms with E-state index in [0.29, 0.717) is 38.2 Å². The molecule has 0 saturated carbocycles. The molecule has 2 aromatic carbocycles. The van der Waals surface area contributed by atoms with Gasteiger partial charge in [-0.1, -0.05) is 12.1 Å². The summed E-state index contributed by atoms with van der Waals surface area (Å²) in [6.07, 6.45) is 3.59. The lowest BCUT2D eigenvalue weighted by molar-refractivity contribution is 0.00483. The Bertz CT molecular complexity index is 1180. The highest BCUT2D eigenvalue weighted by atomic mass is 16.5. The van der Waals surface area contributed by atoms with Gasteiger partial charge >= 0.3 is 6.03 Å². The molecule has 0 bridgehead atoms. The lowest BCUT2D eigenvalue weighted by Crippen LogP contribution is -2.50. The minimum absolute atomic E-state index is 0.171. The number of aromatic nitrogens is 1. The van der Waals surface area contributed by atoms with E-state index in [4.69, 9.17) is 9.73 Å². The normalized spacial score (nSPS) is 17.4. The Balaban J connectivity index is 1.42. The third-order valence-corrected chi connectivity index (χ3v) is 6.30. The molecule has 3 N–H and O–H groups in total. The van der Waals surface area contributed by atoms with Gasteiger partial charge in [0, 0.05) is 42.4 Å². The van der Waals surface area contributed by atoms with Gasteiger partial charge in [0.1, 0.15) is 11.6 Å². The van der Waals surface area contributed by atoms with Gasteiger partial charge in [-0.15, -0.1) is 0 Å². The van der Waals surface area contributed by atoms with Gasteiger partial charge in [0.15, 0.2) is 0 Å². The molecule has 7 nitrogen and oxygen atoms in total. The number of amidine groups is 1. The van der Waals surface area contributed by atoms with E-state index in [1.54, 1.807) is 12.0 Å². The van der Waals surface area contributed by atoms with Crippen molar-refractivity contribution in [1.82, 2.24) is 15.2 Å². The summed E-state index contributed by atoms with van der Waals surface area (Å²) in [7, 11) is 1.65. The number of aliphatic imine (C=N–C) groups is 1. The summed E-state index contributed by atoms with van der Waals surface area (Å²) < 4.78 is 5.57. The predicted octanol–water partition coefficient (Wildman–Crippen LogP) is 3.99. The van der Waals surface area contributed by atoms with Crippen molar-refractivity contribution < 1.29 is 14.6 Å². The zero-order chi connectivity index (χ0) is 21.6. The molecule has 2 aliphatic rings. The van der Waals surface area contributed by atoms with Crippen molar-refractivity contribution in [3.63, 3.8) is 0 Å². The zero-order valence-electron chi connectivity index (χ0n) is 17.7.